The molecule has 1 fully saturated rings. The second-order valence-electron chi connectivity index (χ2n) is 9.19. The number of nitrogens with two attached hydrogens (primary N) is 1. The Hall–Kier alpha value is -3.49. The predicted molar refractivity (Wildman–Crippen MR) is 156 cm³/mol. The zero-order valence-corrected chi connectivity index (χ0v) is 23.4. The quantitative estimate of drug-likeness (QED) is 0.0937. The van der Waals surface area contributed by atoms with Crippen LogP contribution in [-0.4, -0.2) is 66.2 Å². The van der Waals surface area contributed by atoms with Crippen molar-refractivity contribution in [1.82, 2.24) is 15.6 Å². The number of Topliss-reactive ketones (excluding diaryl/α,β-unsaturated/α-hetero) is 2. The minimum atomic E-state index is -0.345. The second-order valence-corrected chi connectivity index (χ2v) is 9.19. The number of piperazine rings is 1. The van der Waals surface area contributed by atoms with Crippen molar-refractivity contribution in [3.63, 3.8) is 0 Å². The number of carbonyl (C=O) groups is 2. The molecule has 1 aliphatic heterocycles. The molecule has 1 aliphatic rings. The number of hydrazone groups is 1. The molecular formula is C30H45N5O3. The van der Waals surface area contributed by atoms with Crippen LogP contribution >= 0.6 is 0 Å². The Bertz CT molecular complexity index is 1040. The standard InChI is InChI=1S/C17H21N3O.C8H16N2.C5H8O2/c1-2-9-19-20-17(18)15-7-3-5-13(11-15)10-14-6-4-8-16(21)12-14;1-3-5-10-6-4-9-8(2)7-10;1-3-5(7)4(2)6/h3-8,11-12,19,21H,2,9-10H2,1H3,(H2,18,20);3,8-9H,1,4-7H2,2H3;3H2,1-2H3. The van der Waals surface area contributed by atoms with Gasteiger partial charge in [0.25, 0.3) is 0 Å². The lowest BCUT2D eigenvalue weighted by Crippen LogP contribution is -2.49. The summed E-state index contributed by atoms with van der Waals surface area (Å²) in [6, 6.07) is 15.9. The number of nitrogens with zero attached hydrogens (tertiary/aromatic N) is 2. The van der Waals surface area contributed by atoms with Gasteiger partial charge in [-0.2, -0.15) is 5.10 Å². The van der Waals surface area contributed by atoms with Crippen molar-refractivity contribution in [3.8, 4) is 5.75 Å². The summed E-state index contributed by atoms with van der Waals surface area (Å²) < 4.78 is 0. The second kappa shape index (κ2) is 18.7. The van der Waals surface area contributed by atoms with E-state index >= 15 is 0 Å². The topological polar surface area (TPSA) is 120 Å². The maximum Gasteiger partial charge on any atom is 0.197 e. The fourth-order valence-electron chi connectivity index (χ4n) is 3.67. The van der Waals surface area contributed by atoms with Crippen LogP contribution < -0.4 is 16.5 Å². The lowest BCUT2D eigenvalue weighted by molar-refractivity contribution is -0.135. The smallest absolute Gasteiger partial charge is 0.197 e. The molecule has 0 aliphatic carbocycles. The van der Waals surface area contributed by atoms with Crippen LogP contribution in [0.2, 0.25) is 0 Å². The number of hydrogen-bond donors (Lipinski definition) is 4. The summed E-state index contributed by atoms with van der Waals surface area (Å²) in [6.07, 6.45) is 4.06. The van der Waals surface area contributed by atoms with Gasteiger partial charge in [-0.3, -0.25) is 14.5 Å². The Morgan fingerprint density at radius 1 is 1.21 bits per heavy atom. The van der Waals surface area contributed by atoms with Gasteiger partial charge in [0, 0.05) is 57.7 Å². The van der Waals surface area contributed by atoms with Gasteiger partial charge in [0.2, 0.25) is 0 Å². The van der Waals surface area contributed by atoms with Crippen LogP contribution in [0.3, 0.4) is 0 Å². The largest absolute Gasteiger partial charge is 0.508 e. The number of benzene rings is 2. The number of ketones is 2. The van der Waals surface area contributed by atoms with E-state index in [-0.39, 0.29) is 17.3 Å². The van der Waals surface area contributed by atoms with E-state index in [0.29, 0.717) is 18.3 Å². The molecule has 0 radical (unpaired) electrons. The summed E-state index contributed by atoms with van der Waals surface area (Å²) >= 11 is 0. The minimum absolute atomic E-state index is 0.286. The van der Waals surface area contributed by atoms with Gasteiger partial charge in [0.1, 0.15) is 5.75 Å². The summed E-state index contributed by atoms with van der Waals surface area (Å²) in [5, 5.41) is 17.1. The normalized spacial score (nSPS) is 15.3. The molecule has 3 rings (SSSR count). The van der Waals surface area contributed by atoms with Gasteiger partial charge >= 0.3 is 0 Å². The molecule has 5 N–H and O–H groups in total. The van der Waals surface area contributed by atoms with Gasteiger partial charge in [-0.1, -0.05) is 50.3 Å². The first-order valence-corrected chi connectivity index (χ1v) is 13.2. The average Bonchev–Trinajstić information content (AvgIpc) is 2.89. The summed E-state index contributed by atoms with van der Waals surface area (Å²) in [4.78, 5) is 22.6. The number of carbonyl (C=O) groups excluding carboxylic acids is 2. The van der Waals surface area contributed by atoms with E-state index in [4.69, 9.17) is 5.73 Å². The van der Waals surface area contributed by atoms with Gasteiger partial charge in [-0.15, -0.1) is 6.58 Å². The van der Waals surface area contributed by atoms with Crippen LogP contribution in [0, 0.1) is 0 Å². The number of phenols is 1. The van der Waals surface area contributed by atoms with E-state index in [1.165, 1.54) is 6.92 Å². The molecule has 38 heavy (non-hydrogen) atoms. The Morgan fingerprint density at radius 2 is 1.89 bits per heavy atom. The monoisotopic (exact) mass is 523 g/mol. The molecule has 208 valence electrons. The number of rotatable bonds is 10. The lowest BCUT2D eigenvalue weighted by atomic mass is 10.0. The predicted octanol–water partition coefficient (Wildman–Crippen LogP) is 3.62. The number of amidine groups is 1. The molecule has 8 nitrogen and oxygen atoms in total. The highest BCUT2D eigenvalue weighted by Crippen LogP contribution is 2.16. The Labute approximate surface area is 228 Å². The van der Waals surface area contributed by atoms with E-state index in [9.17, 15) is 14.7 Å². The molecule has 0 spiro atoms. The molecular weight excluding hydrogens is 478 g/mol. The molecule has 1 atom stereocenters. The molecule has 0 saturated carbocycles. The Morgan fingerprint density at radius 3 is 2.45 bits per heavy atom. The van der Waals surface area contributed by atoms with E-state index in [1.54, 1.807) is 19.1 Å². The first-order valence-electron chi connectivity index (χ1n) is 13.2. The van der Waals surface area contributed by atoms with Crippen LogP contribution in [0.15, 0.2) is 66.3 Å². The van der Waals surface area contributed by atoms with Gasteiger partial charge in [0.05, 0.1) is 0 Å². The van der Waals surface area contributed by atoms with E-state index in [2.05, 4.69) is 41.2 Å². The third-order valence-electron chi connectivity index (χ3n) is 5.66. The molecule has 0 bridgehead atoms. The van der Waals surface area contributed by atoms with Crippen molar-refractivity contribution in [3.05, 3.63) is 77.9 Å². The van der Waals surface area contributed by atoms with Crippen LogP contribution in [0.5, 0.6) is 5.75 Å². The highest BCUT2D eigenvalue weighted by atomic mass is 16.3. The minimum Gasteiger partial charge on any atom is -0.508 e. The van der Waals surface area contributed by atoms with Crippen LogP contribution in [0.25, 0.3) is 0 Å². The summed E-state index contributed by atoms with van der Waals surface area (Å²) in [5.74, 6) is 0.136. The molecule has 1 heterocycles. The third kappa shape index (κ3) is 13.7. The van der Waals surface area contributed by atoms with Crippen molar-refractivity contribution >= 4 is 17.4 Å². The zero-order valence-electron chi connectivity index (χ0n) is 23.4. The summed E-state index contributed by atoms with van der Waals surface area (Å²) in [6.45, 7) is 16.3. The molecule has 2 aromatic rings. The number of hydrogen-bond acceptors (Lipinski definition) is 7. The fraction of sp³-hybridized carbons (Fsp3) is 0.433. The maximum absolute atomic E-state index is 10.2. The van der Waals surface area contributed by atoms with E-state index in [1.807, 2.05) is 42.5 Å². The Kier molecular flexibility index (Phi) is 16.0. The van der Waals surface area contributed by atoms with Gasteiger partial charge < -0.3 is 21.6 Å². The van der Waals surface area contributed by atoms with E-state index < -0.39 is 0 Å². The van der Waals surface area contributed by atoms with Crippen molar-refractivity contribution in [2.75, 3.05) is 32.7 Å². The van der Waals surface area contributed by atoms with Gasteiger partial charge in [-0.05, 0) is 49.1 Å². The van der Waals surface area contributed by atoms with Gasteiger partial charge in [0.15, 0.2) is 17.4 Å². The first kappa shape index (κ1) is 32.5. The average molecular weight is 524 g/mol. The first-order chi connectivity index (χ1) is 18.2. The maximum atomic E-state index is 10.2. The van der Waals surface area contributed by atoms with Crippen LogP contribution in [-0.2, 0) is 16.0 Å². The molecule has 8 heteroatoms. The van der Waals surface area contributed by atoms with E-state index in [0.717, 1.165) is 62.3 Å². The fourth-order valence-corrected chi connectivity index (χ4v) is 3.67. The number of nitrogens with one attached hydrogen (secondary N) is 2. The van der Waals surface area contributed by atoms with Crippen molar-refractivity contribution in [1.29, 1.82) is 0 Å². The molecule has 0 aromatic heterocycles. The molecule has 2 aromatic carbocycles. The van der Waals surface area contributed by atoms with Crippen LogP contribution in [0.1, 0.15) is 57.2 Å². The summed E-state index contributed by atoms with van der Waals surface area (Å²) in [5.41, 5.74) is 12.0. The highest BCUT2D eigenvalue weighted by Gasteiger charge is 2.13. The SMILES string of the molecule is C=CCN1CCNC(C)C1.CCC(=O)C(C)=O.CCCN/N=C(\N)c1cccc(Cc2cccc(O)c2)c1. The zero-order chi connectivity index (χ0) is 28.3. The van der Waals surface area contributed by atoms with Crippen molar-refractivity contribution < 1.29 is 14.7 Å². The lowest BCUT2D eigenvalue weighted by Gasteiger charge is -2.30. The highest BCUT2D eigenvalue weighted by molar-refractivity contribution is 6.36. The molecule has 1 unspecified atom stereocenters. The molecule has 1 saturated heterocycles. The van der Waals surface area contributed by atoms with Crippen LogP contribution in [0.4, 0.5) is 0 Å². The third-order valence-corrected chi connectivity index (χ3v) is 5.66. The van der Waals surface area contributed by atoms with Crippen molar-refractivity contribution in [2.24, 2.45) is 10.8 Å². The van der Waals surface area contributed by atoms with Crippen molar-refractivity contribution in [2.45, 2.75) is 53.0 Å². The van der Waals surface area contributed by atoms with Gasteiger partial charge in [-0.25, -0.2) is 0 Å². The summed E-state index contributed by atoms with van der Waals surface area (Å²) in [7, 11) is 0. The number of phenolic OH excluding ortho intramolecular Hbond substituents is 1. The Balaban J connectivity index is 0.000000351. The number of aromatic hydroxyl groups is 1. The molecule has 0 amide bonds.